The smallest absolute Gasteiger partial charge is 0.240 e. The Hall–Kier alpha value is -0.980. The lowest BCUT2D eigenvalue weighted by Crippen LogP contribution is -2.39. The van der Waals surface area contributed by atoms with E-state index in [4.69, 9.17) is 5.73 Å². The van der Waals surface area contributed by atoms with Gasteiger partial charge in [-0.1, -0.05) is 13.0 Å². The van der Waals surface area contributed by atoms with Crippen LogP contribution in [0.1, 0.15) is 13.8 Å². The maximum absolute atomic E-state index is 12.9. The first-order chi connectivity index (χ1) is 7.86. The fraction of sp³-hybridized carbons (Fsp3) is 0.455. The summed E-state index contributed by atoms with van der Waals surface area (Å²) in [5, 5.41) is 0. The third kappa shape index (κ3) is 3.76. The van der Waals surface area contributed by atoms with Crippen LogP contribution >= 0.6 is 0 Å². The molecule has 0 saturated carbocycles. The fourth-order valence-corrected chi connectivity index (χ4v) is 2.65. The van der Waals surface area contributed by atoms with Crippen LogP contribution in [-0.2, 0) is 10.0 Å². The van der Waals surface area contributed by atoms with Crippen LogP contribution in [0.5, 0.6) is 0 Å². The van der Waals surface area contributed by atoms with Crippen molar-refractivity contribution in [3.63, 3.8) is 0 Å². The molecule has 0 fully saturated rings. The van der Waals surface area contributed by atoms with Crippen LogP contribution in [0.15, 0.2) is 29.2 Å². The van der Waals surface area contributed by atoms with E-state index in [0.717, 1.165) is 6.07 Å². The number of hydrogen-bond donors (Lipinski definition) is 2. The van der Waals surface area contributed by atoms with Gasteiger partial charge in [-0.25, -0.2) is 17.5 Å². The first kappa shape index (κ1) is 14.1. The van der Waals surface area contributed by atoms with Crippen LogP contribution in [0.2, 0.25) is 0 Å². The zero-order valence-electron chi connectivity index (χ0n) is 9.85. The largest absolute Gasteiger partial charge is 0.330 e. The van der Waals surface area contributed by atoms with Crippen LogP contribution < -0.4 is 10.5 Å². The first-order valence-corrected chi connectivity index (χ1v) is 6.83. The van der Waals surface area contributed by atoms with Gasteiger partial charge in [0.05, 0.1) is 4.90 Å². The number of hydrogen-bond acceptors (Lipinski definition) is 3. The molecule has 0 aromatic heterocycles. The second-order valence-electron chi connectivity index (χ2n) is 4.08. The summed E-state index contributed by atoms with van der Waals surface area (Å²) in [6.07, 6.45) is 0. The van der Waals surface area contributed by atoms with Crippen LogP contribution in [0.4, 0.5) is 4.39 Å². The Kier molecular flexibility index (Phi) is 4.62. The average Bonchev–Trinajstić information content (AvgIpc) is 2.27. The molecule has 2 unspecified atom stereocenters. The van der Waals surface area contributed by atoms with Gasteiger partial charge in [0, 0.05) is 6.04 Å². The quantitative estimate of drug-likeness (QED) is 0.832. The average molecular weight is 260 g/mol. The Labute approximate surface area is 101 Å². The molecular weight excluding hydrogens is 243 g/mol. The van der Waals surface area contributed by atoms with E-state index in [0.29, 0.717) is 6.54 Å². The lowest BCUT2D eigenvalue weighted by atomic mass is 10.1. The molecule has 1 aromatic carbocycles. The molecule has 2 atom stereocenters. The van der Waals surface area contributed by atoms with E-state index in [1.165, 1.54) is 18.2 Å². The molecule has 0 aliphatic rings. The third-order valence-corrected chi connectivity index (χ3v) is 4.23. The van der Waals surface area contributed by atoms with Crippen LogP contribution in [0.3, 0.4) is 0 Å². The highest BCUT2D eigenvalue weighted by Crippen LogP contribution is 2.12. The highest BCUT2D eigenvalue weighted by molar-refractivity contribution is 7.89. The van der Waals surface area contributed by atoms with E-state index in [9.17, 15) is 12.8 Å². The summed E-state index contributed by atoms with van der Waals surface area (Å²) in [7, 11) is -3.68. The molecule has 0 spiro atoms. The minimum atomic E-state index is -3.68. The van der Waals surface area contributed by atoms with Crippen molar-refractivity contribution in [2.75, 3.05) is 6.54 Å². The molecule has 0 aliphatic heterocycles. The minimum absolute atomic E-state index is 0.0123. The molecular formula is C11H17FN2O2S. The normalized spacial score (nSPS) is 15.5. The molecule has 96 valence electrons. The Morgan fingerprint density at radius 1 is 1.41 bits per heavy atom. The number of benzene rings is 1. The Morgan fingerprint density at radius 3 is 2.59 bits per heavy atom. The van der Waals surface area contributed by atoms with Gasteiger partial charge in [-0.15, -0.1) is 0 Å². The van der Waals surface area contributed by atoms with E-state index in [-0.39, 0.29) is 16.9 Å². The molecule has 0 bridgehead atoms. The van der Waals surface area contributed by atoms with Crippen molar-refractivity contribution >= 4 is 10.0 Å². The monoisotopic (exact) mass is 260 g/mol. The molecule has 0 saturated heterocycles. The number of halogens is 1. The van der Waals surface area contributed by atoms with Crippen LogP contribution in [0.25, 0.3) is 0 Å². The summed E-state index contributed by atoms with van der Waals surface area (Å²) >= 11 is 0. The Balaban J connectivity index is 2.89. The zero-order chi connectivity index (χ0) is 13.1. The summed E-state index contributed by atoms with van der Waals surface area (Å²) in [6, 6.07) is 4.60. The van der Waals surface area contributed by atoms with Gasteiger partial charge in [0.1, 0.15) is 5.82 Å². The van der Waals surface area contributed by atoms with E-state index in [2.05, 4.69) is 4.72 Å². The molecule has 4 nitrogen and oxygen atoms in total. The summed E-state index contributed by atoms with van der Waals surface area (Å²) in [5.41, 5.74) is 5.46. The molecule has 0 radical (unpaired) electrons. The van der Waals surface area contributed by atoms with Crippen molar-refractivity contribution in [3.8, 4) is 0 Å². The van der Waals surface area contributed by atoms with E-state index in [1.807, 2.05) is 6.92 Å². The summed E-state index contributed by atoms with van der Waals surface area (Å²) in [6.45, 7) is 3.96. The molecule has 1 aromatic rings. The maximum Gasteiger partial charge on any atom is 0.240 e. The lowest BCUT2D eigenvalue weighted by Gasteiger charge is -2.19. The Bertz CT molecular complexity index is 476. The van der Waals surface area contributed by atoms with E-state index in [1.54, 1.807) is 6.92 Å². The first-order valence-electron chi connectivity index (χ1n) is 5.35. The summed E-state index contributed by atoms with van der Waals surface area (Å²) < 4.78 is 39.2. The molecule has 0 aliphatic carbocycles. The maximum atomic E-state index is 12.9. The minimum Gasteiger partial charge on any atom is -0.330 e. The standard InChI is InChI=1S/C11H17FN2O2S/c1-8(7-13)9(2)14-17(15,16)11-5-3-4-10(12)6-11/h3-6,8-9,14H,7,13H2,1-2H3. The van der Waals surface area contributed by atoms with Gasteiger partial charge in [-0.2, -0.15) is 0 Å². The van der Waals surface area contributed by atoms with E-state index >= 15 is 0 Å². The fourth-order valence-electron chi connectivity index (χ4n) is 1.27. The number of nitrogens with two attached hydrogens (primary N) is 1. The van der Waals surface area contributed by atoms with Crippen LogP contribution in [0, 0.1) is 11.7 Å². The SMILES string of the molecule is CC(CN)C(C)NS(=O)(=O)c1cccc(F)c1. The number of nitrogens with one attached hydrogen (secondary N) is 1. The predicted molar refractivity (Wildman–Crippen MR) is 64.4 cm³/mol. The van der Waals surface area contributed by atoms with Gasteiger partial charge >= 0.3 is 0 Å². The molecule has 3 N–H and O–H groups in total. The van der Waals surface area contributed by atoms with Gasteiger partial charge in [0.15, 0.2) is 0 Å². The topological polar surface area (TPSA) is 72.2 Å². The highest BCUT2D eigenvalue weighted by Gasteiger charge is 2.20. The molecule has 0 amide bonds. The second-order valence-corrected chi connectivity index (χ2v) is 5.79. The molecule has 6 heteroatoms. The van der Waals surface area contributed by atoms with Crippen molar-refractivity contribution in [1.82, 2.24) is 4.72 Å². The number of sulfonamides is 1. The van der Waals surface area contributed by atoms with E-state index < -0.39 is 15.8 Å². The Morgan fingerprint density at radius 2 is 2.06 bits per heavy atom. The van der Waals surface area contributed by atoms with Crippen LogP contribution in [-0.4, -0.2) is 21.0 Å². The highest BCUT2D eigenvalue weighted by atomic mass is 32.2. The van der Waals surface area contributed by atoms with Gasteiger partial charge in [-0.05, 0) is 37.6 Å². The molecule has 17 heavy (non-hydrogen) atoms. The summed E-state index contributed by atoms with van der Waals surface area (Å²) in [5.74, 6) is -0.564. The van der Waals surface area contributed by atoms with Gasteiger partial charge in [0.25, 0.3) is 0 Å². The van der Waals surface area contributed by atoms with Crippen molar-refractivity contribution < 1.29 is 12.8 Å². The summed E-state index contributed by atoms with van der Waals surface area (Å²) in [4.78, 5) is -0.0754. The van der Waals surface area contributed by atoms with Gasteiger partial charge in [0.2, 0.25) is 10.0 Å². The zero-order valence-corrected chi connectivity index (χ0v) is 10.7. The lowest BCUT2D eigenvalue weighted by molar-refractivity contribution is 0.453. The predicted octanol–water partition coefficient (Wildman–Crippen LogP) is 1.09. The number of rotatable bonds is 5. The van der Waals surface area contributed by atoms with Gasteiger partial charge in [-0.3, -0.25) is 0 Å². The van der Waals surface area contributed by atoms with Crippen molar-refractivity contribution in [3.05, 3.63) is 30.1 Å². The van der Waals surface area contributed by atoms with Crippen molar-refractivity contribution in [1.29, 1.82) is 0 Å². The third-order valence-electron chi connectivity index (χ3n) is 2.67. The van der Waals surface area contributed by atoms with Crippen molar-refractivity contribution in [2.45, 2.75) is 24.8 Å². The second kappa shape index (κ2) is 5.57. The molecule has 1 rings (SSSR count). The van der Waals surface area contributed by atoms with Crippen molar-refractivity contribution in [2.24, 2.45) is 11.7 Å². The molecule has 0 heterocycles. The van der Waals surface area contributed by atoms with Gasteiger partial charge < -0.3 is 5.73 Å².